The maximum atomic E-state index is 11.9. The molecule has 0 bridgehead atoms. The van der Waals surface area contributed by atoms with Crippen molar-refractivity contribution in [1.82, 2.24) is 15.5 Å². The zero-order chi connectivity index (χ0) is 10.8. The average Bonchev–Trinajstić information content (AvgIpc) is 2.84. The topological polar surface area (TPSA) is 61.4 Å². The molecule has 15 heavy (non-hydrogen) atoms. The molecular weight excluding hydrogens is 194 g/mol. The summed E-state index contributed by atoms with van der Waals surface area (Å²) in [5, 5.41) is 5.88. The second kappa shape index (κ2) is 4.18. The largest absolute Gasteiger partial charge is 0.344 e. The van der Waals surface area contributed by atoms with Crippen molar-refractivity contribution in [3.63, 3.8) is 0 Å². The van der Waals surface area contributed by atoms with E-state index in [0.29, 0.717) is 18.9 Å². The molecule has 0 saturated carbocycles. The number of hydrogen-bond acceptors (Lipinski definition) is 3. The van der Waals surface area contributed by atoms with Gasteiger partial charge in [-0.1, -0.05) is 0 Å². The van der Waals surface area contributed by atoms with Crippen molar-refractivity contribution in [2.45, 2.75) is 31.3 Å². The molecule has 2 N–H and O–H groups in total. The van der Waals surface area contributed by atoms with E-state index in [2.05, 4.69) is 10.6 Å². The summed E-state index contributed by atoms with van der Waals surface area (Å²) >= 11 is 0. The summed E-state index contributed by atoms with van der Waals surface area (Å²) in [6, 6.07) is 0.138. The molecule has 2 atom stereocenters. The van der Waals surface area contributed by atoms with Crippen molar-refractivity contribution >= 4 is 11.8 Å². The van der Waals surface area contributed by atoms with Gasteiger partial charge in [-0.3, -0.25) is 9.59 Å². The maximum Gasteiger partial charge on any atom is 0.245 e. The Morgan fingerprint density at radius 2 is 2.33 bits per heavy atom. The van der Waals surface area contributed by atoms with Gasteiger partial charge >= 0.3 is 0 Å². The standard InChI is InChI=1S/C10H17N3O2/c1-11-7-4-5-13(6-7)10(15)8-2-3-9(14)12-8/h7-8,11H,2-6H2,1H3,(H,12,14). The highest BCUT2D eigenvalue weighted by atomic mass is 16.2. The smallest absolute Gasteiger partial charge is 0.245 e. The van der Waals surface area contributed by atoms with Crippen LogP contribution < -0.4 is 10.6 Å². The van der Waals surface area contributed by atoms with Gasteiger partial charge in [0, 0.05) is 25.6 Å². The van der Waals surface area contributed by atoms with E-state index in [0.717, 1.165) is 19.5 Å². The van der Waals surface area contributed by atoms with Crippen LogP contribution in [-0.4, -0.2) is 48.9 Å². The molecule has 2 amide bonds. The van der Waals surface area contributed by atoms with E-state index in [1.165, 1.54) is 0 Å². The zero-order valence-corrected chi connectivity index (χ0v) is 8.95. The first kappa shape index (κ1) is 10.4. The summed E-state index contributed by atoms with van der Waals surface area (Å²) < 4.78 is 0. The zero-order valence-electron chi connectivity index (χ0n) is 8.95. The summed E-state index contributed by atoms with van der Waals surface area (Å²) in [6.07, 6.45) is 2.14. The lowest BCUT2D eigenvalue weighted by Crippen LogP contribution is -2.44. The minimum Gasteiger partial charge on any atom is -0.344 e. The SMILES string of the molecule is CNC1CCN(C(=O)C2CCC(=O)N2)C1. The molecular formula is C10H17N3O2. The molecule has 2 unspecified atom stereocenters. The number of likely N-dealkylation sites (tertiary alicyclic amines) is 1. The normalized spacial score (nSPS) is 30.7. The van der Waals surface area contributed by atoms with Gasteiger partial charge in [-0.05, 0) is 19.9 Å². The van der Waals surface area contributed by atoms with E-state index in [4.69, 9.17) is 0 Å². The van der Waals surface area contributed by atoms with Crippen LogP contribution in [0, 0.1) is 0 Å². The lowest BCUT2D eigenvalue weighted by atomic mass is 10.2. The fourth-order valence-electron chi connectivity index (χ4n) is 2.22. The van der Waals surface area contributed by atoms with Gasteiger partial charge < -0.3 is 15.5 Å². The van der Waals surface area contributed by atoms with Crippen molar-refractivity contribution < 1.29 is 9.59 Å². The van der Waals surface area contributed by atoms with Gasteiger partial charge in [0.2, 0.25) is 11.8 Å². The summed E-state index contributed by atoms with van der Waals surface area (Å²) in [5.41, 5.74) is 0. The third kappa shape index (κ3) is 2.12. The molecule has 84 valence electrons. The van der Waals surface area contributed by atoms with E-state index < -0.39 is 0 Å². The molecule has 2 saturated heterocycles. The minimum absolute atomic E-state index is 0.00212. The molecule has 5 heteroatoms. The molecule has 0 radical (unpaired) electrons. The molecule has 2 rings (SSSR count). The van der Waals surface area contributed by atoms with Crippen molar-refractivity contribution in [3.8, 4) is 0 Å². The predicted octanol–water partition coefficient (Wildman–Crippen LogP) is -0.915. The first-order valence-electron chi connectivity index (χ1n) is 5.46. The van der Waals surface area contributed by atoms with Crippen molar-refractivity contribution in [2.75, 3.05) is 20.1 Å². The lowest BCUT2D eigenvalue weighted by Gasteiger charge is -2.20. The molecule has 0 aromatic rings. The number of rotatable bonds is 2. The average molecular weight is 211 g/mol. The van der Waals surface area contributed by atoms with Gasteiger partial charge in [0.1, 0.15) is 6.04 Å². The number of carbonyl (C=O) groups excluding carboxylic acids is 2. The molecule has 2 aliphatic rings. The number of nitrogens with one attached hydrogen (secondary N) is 2. The van der Waals surface area contributed by atoms with Crippen LogP contribution in [0.4, 0.5) is 0 Å². The Balaban J connectivity index is 1.89. The van der Waals surface area contributed by atoms with Gasteiger partial charge in [-0.25, -0.2) is 0 Å². The van der Waals surface area contributed by atoms with Crippen molar-refractivity contribution in [3.05, 3.63) is 0 Å². The first-order chi connectivity index (χ1) is 7.20. The van der Waals surface area contributed by atoms with Crippen molar-refractivity contribution in [2.24, 2.45) is 0 Å². The third-order valence-corrected chi connectivity index (χ3v) is 3.20. The van der Waals surface area contributed by atoms with E-state index in [1.807, 2.05) is 11.9 Å². The highest BCUT2D eigenvalue weighted by Crippen LogP contribution is 2.14. The summed E-state index contributed by atoms with van der Waals surface area (Å²) in [5.74, 6) is 0.0799. The Bertz CT molecular complexity index is 280. The van der Waals surface area contributed by atoms with E-state index in [9.17, 15) is 9.59 Å². The van der Waals surface area contributed by atoms with Gasteiger partial charge in [-0.15, -0.1) is 0 Å². The lowest BCUT2D eigenvalue weighted by molar-refractivity contribution is -0.133. The van der Waals surface area contributed by atoms with E-state index >= 15 is 0 Å². The van der Waals surface area contributed by atoms with Crippen LogP contribution in [0.1, 0.15) is 19.3 Å². The Morgan fingerprint density at radius 3 is 2.87 bits per heavy atom. The van der Waals surface area contributed by atoms with Crippen LogP contribution in [0.15, 0.2) is 0 Å². The molecule has 2 heterocycles. The number of nitrogens with zero attached hydrogens (tertiary/aromatic N) is 1. The predicted molar refractivity (Wildman–Crippen MR) is 55.2 cm³/mol. The second-order valence-electron chi connectivity index (χ2n) is 4.22. The summed E-state index contributed by atoms with van der Waals surface area (Å²) in [4.78, 5) is 24.8. The molecule has 0 aliphatic carbocycles. The summed E-state index contributed by atoms with van der Waals surface area (Å²) in [6.45, 7) is 1.57. The fraction of sp³-hybridized carbons (Fsp3) is 0.800. The molecule has 0 aromatic heterocycles. The van der Waals surface area contributed by atoms with Crippen LogP contribution in [0.3, 0.4) is 0 Å². The van der Waals surface area contributed by atoms with Crippen LogP contribution >= 0.6 is 0 Å². The third-order valence-electron chi connectivity index (χ3n) is 3.20. The van der Waals surface area contributed by atoms with Crippen LogP contribution in [0.2, 0.25) is 0 Å². The first-order valence-corrected chi connectivity index (χ1v) is 5.46. The Morgan fingerprint density at radius 1 is 1.53 bits per heavy atom. The van der Waals surface area contributed by atoms with Crippen LogP contribution in [0.25, 0.3) is 0 Å². The molecule has 2 fully saturated rings. The molecule has 0 aromatic carbocycles. The monoisotopic (exact) mass is 211 g/mol. The summed E-state index contributed by atoms with van der Waals surface area (Å²) in [7, 11) is 1.91. The van der Waals surface area contributed by atoms with Gasteiger partial charge in [0.15, 0.2) is 0 Å². The Hall–Kier alpha value is -1.10. The van der Waals surface area contributed by atoms with E-state index in [-0.39, 0.29) is 17.9 Å². The highest BCUT2D eigenvalue weighted by molar-refractivity contribution is 5.90. The minimum atomic E-state index is -0.270. The van der Waals surface area contributed by atoms with Gasteiger partial charge in [0.05, 0.1) is 0 Å². The quantitative estimate of drug-likeness (QED) is 0.621. The highest BCUT2D eigenvalue weighted by Gasteiger charge is 2.33. The van der Waals surface area contributed by atoms with E-state index in [1.54, 1.807) is 0 Å². The molecule has 2 aliphatic heterocycles. The Kier molecular flexibility index (Phi) is 2.90. The van der Waals surface area contributed by atoms with Crippen LogP contribution in [-0.2, 0) is 9.59 Å². The van der Waals surface area contributed by atoms with Crippen molar-refractivity contribution in [1.29, 1.82) is 0 Å². The number of amides is 2. The van der Waals surface area contributed by atoms with Gasteiger partial charge in [-0.2, -0.15) is 0 Å². The fourth-order valence-corrected chi connectivity index (χ4v) is 2.22. The van der Waals surface area contributed by atoms with Crippen LogP contribution in [0.5, 0.6) is 0 Å². The molecule has 5 nitrogen and oxygen atoms in total. The number of hydrogen-bond donors (Lipinski definition) is 2. The maximum absolute atomic E-state index is 11.9. The number of carbonyl (C=O) groups is 2. The number of likely N-dealkylation sites (N-methyl/N-ethyl adjacent to an activating group) is 1. The molecule has 0 spiro atoms. The van der Waals surface area contributed by atoms with Gasteiger partial charge in [0.25, 0.3) is 0 Å². The Labute approximate surface area is 89.2 Å². The second-order valence-corrected chi connectivity index (χ2v) is 4.22.